The van der Waals surface area contributed by atoms with E-state index in [9.17, 15) is 18.0 Å². The molecule has 0 N–H and O–H groups in total. The van der Waals surface area contributed by atoms with Gasteiger partial charge >= 0.3 is 12.3 Å². The third-order valence-corrected chi connectivity index (χ3v) is 4.73. The SMILES string of the molecule is CC(C)(C)OC(=O)CCN1CCOC(c2ccc(Oc3cccc(OC(F)(F)F)c3)cc2)C1. The number of nitrogens with zero attached hydrogens (tertiary/aromatic N) is 1. The van der Waals surface area contributed by atoms with Crippen molar-refractivity contribution in [3.63, 3.8) is 0 Å². The average molecular weight is 467 g/mol. The normalized spacial score (nSPS) is 17.5. The van der Waals surface area contributed by atoms with Gasteiger partial charge in [-0.1, -0.05) is 18.2 Å². The number of ether oxygens (including phenoxy) is 4. The first-order valence-electron chi connectivity index (χ1n) is 10.7. The number of benzene rings is 2. The molecule has 0 aromatic heterocycles. The molecular formula is C24H28F3NO5. The van der Waals surface area contributed by atoms with Crippen molar-refractivity contribution in [2.75, 3.05) is 26.2 Å². The highest BCUT2D eigenvalue weighted by Crippen LogP contribution is 2.30. The third kappa shape index (κ3) is 8.58. The molecule has 1 heterocycles. The van der Waals surface area contributed by atoms with Crippen LogP contribution in [-0.2, 0) is 14.3 Å². The Kier molecular flexibility index (Phi) is 7.86. The van der Waals surface area contributed by atoms with E-state index in [4.69, 9.17) is 14.2 Å². The second kappa shape index (κ2) is 10.4. The summed E-state index contributed by atoms with van der Waals surface area (Å²) in [4.78, 5) is 14.1. The molecule has 9 heteroatoms. The van der Waals surface area contributed by atoms with Crippen LogP contribution >= 0.6 is 0 Å². The van der Waals surface area contributed by atoms with E-state index in [0.29, 0.717) is 31.9 Å². The minimum atomic E-state index is -4.76. The molecule has 1 aliphatic rings. The summed E-state index contributed by atoms with van der Waals surface area (Å²) < 4.78 is 58.0. The van der Waals surface area contributed by atoms with Crippen LogP contribution in [0.4, 0.5) is 13.2 Å². The van der Waals surface area contributed by atoms with Crippen LogP contribution in [0.3, 0.4) is 0 Å². The zero-order valence-corrected chi connectivity index (χ0v) is 18.9. The van der Waals surface area contributed by atoms with E-state index < -0.39 is 12.0 Å². The highest BCUT2D eigenvalue weighted by atomic mass is 19.4. The maximum Gasteiger partial charge on any atom is 0.573 e. The van der Waals surface area contributed by atoms with Gasteiger partial charge in [-0.05, 0) is 50.6 Å². The summed E-state index contributed by atoms with van der Waals surface area (Å²) in [6.07, 6.45) is -4.61. The molecular weight excluding hydrogens is 439 g/mol. The van der Waals surface area contributed by atoms with Gasteiger partial charge < -0.3 is 18.9 Å². The largest absolute Gasteiger partial charge is 0.573 e. The Morgan fingerprint density at radius 2 is 1.76 bits per heavy atom. The van der Waals surface area contributed by atoms with Gasteiger partial charge in [-0.15, -0.1) is 13.2 Å². The van der Waals surface area contributed by atoms with Gasteiger partial charge in [-0.25, -0.2) is 0 Å². The Balaban J connectivity index is 1.54. The molecule has 0 bridgehead atoms. The summed E-state index contributed by atoms with van der Waals surface area (Å²) in [6.45, 7) is 8.04. The Hall–Kier alpha value is -2.78. The summed E-state index contributed by atoms with van der Waals surface area (Å²) in [5.74, 6) is 0.127. The number of esters is 1. The molecule has 180 valence electrons. The number of hydrogen-bond acceptors (Lipinski definition) is 6. The molecule has 1 aliphatic heterocycles. The predicted octanol–water partition coefficient (Wildman–Crippen LogP) is 5.48. The van der Waals surface area contributed by atoms with Crippen LogP contribution in [-0.4, -0.2) is 49.1 Å². The minimum absolute atomic E-state index is 0.157. The van der Waals surface area contributed by atoms with Crippen LogP contribution in [0.5, 0.6) is 17.2 Å². The first-order valence-corrected chi connectivity index (χ1v) is 10.7. The van der Waals surface area contributed by atoms with Gasteiger partial charge in [0.25, 0.3) is 0 Å². The molecule has 33 heavy (non-hydrogen) atoms. The van der Waals surface area contributed by atoms with Crippen LogP contribution < -0.4 is 9.47 Å². The van der Waals surface area contributed by atoms with Crippen molar-refractivity contribution < 1.29 is 36.9 Å². The Morgan fingerprint density at radius 3 is 2.42 bits per heavy atom. The quantitative estimate of drug-likeness (QED) is 0.503. The summed E-state index contributed by atoms with van der Waals surface area (Å²) in [7, 11) is 0. The molecule has 1 atom stereocenters. The number of carbonyl (C=O) groups excluding carboxylic acids is 1. The molecule has 0 spiro atoms. The number of hydrogen-bond donors (Lipinski definition) is 0. The topological polar surface area (TPSA) is 57.2 Å². The molecule has 2 aromatic rings. The lowest BCUT2D eigenvalue weighted by Gasteiger charge is -2.33. The lowest BCUT2D eigenvalue weighted by Crippen LogP contribution is -2.39. The predicted molar refractivity (Wildman–Crippen MR) is 115 cm³/mol. The van der Waals surface area contributed by atoms with E-state index >= 15 is 0 Å². The summed E-state index contributed by atoms with van der Waals surface area (Å²) in [5, 5.41) is 0. The first kappa shape index (κ1) is 24.9. The molecule has 1 unspecified atom stereocenters. The second-order valence-corrected chi connectivity index (χ2v) is 8.69. The smallest absolute Gasteiger partial charge is 0.460 e. The number of halogens is 3. The average Bonchev–Trinajstić information content (AvgIpc) is 2.71. The van der Waals surface area contributed by atoms with Gasteiger partial charge in [0.2, 0.25) is 0 Å². The number of alkyl halides is 3. The van der Waals surface area contributed by atoms with Crippen molar-refractivity contribution >= 4 is 5.97 Å². The third-order valence-electron chi connectivity index (χ3n) is 4.73. The fourth-order valence-corrected chi connectivity index (χ4v) is 3.37. The van der Waals surface area contributed by atoms with Gasteiger partial charge in [0.1, 0.15) is 22.8 Å². The van der Waals surface area contributed by atoms with Gasteiger partial charge in [0.05, 0.1) is 19.1 Å². The minimum Gasteiger partial charge on any atom is -0.460 e. The van der Waals surface area contributed by atoms with Crippen molar-refractivity contribution in [2.24, 2.45) is 0 Å². The zero-order chi connectivity index (χ0) is 24.1. The second-order valence-electron chi connectivity index (χ2n) is 8.69. The van der Waals surface area contributed by atoms with Gasteiger partial charge in [-0.3, -0.25) is 9.69 Å². The van der Waals surface area contributed by atoms with E-state index in [1.54, 1.807) is 18.2 Å². The first-order chi connectivity index (χ1) is 15.5. The standard InChI is InChI=1S/C24H28F3NO5/c1-23(2,3)33-22(29)11-12-28-13-14-30-21(16-28)17-7-9-18(10-8-17)31-19-5-4-6-20(15-19)32-24(25,26)27/h4-10,15,21H,11-14,16H2,1-3H3. The lowest BCUT2D eigenvalue weighted by atomic mass is 10.1. The van der Waals surface area contributed by atoms with E-state index in [1.807, 2.05) is 32.9 Å². The maximum atomic E-state index is 12.4. The van der Waals surface area contributed by atoms with Gasteiger partial charge in [-0.2, -0.15) is 0 Å². The Bertz CT molecular complexity index is 925. The number of morpholine rings is 1. The van der Waals surface area contributed by atoms with Crippen LogP contribution in [0.15, 0.2) is 48.5 Å². The fourth-order valence-electron chi connectivity index (χ4n) is 3.37. The maximum absolute atomic E-state index is 12.4. The van der Waals surface area contributed by atoms with Gasteiger partial charge in [0.15, 0.2) is 0 Å². The van der Waals surface area contributed by atoms with Crippen LogP contribution in [0, 0.1) is 0 Å². The lowest BCUT2D eigenvalue weighted by molar-refractivity contribution is -0.274. The van der Waals surface area contributed by atoms with Gasteiger partial charge in [0, 0.05) is 25.7 Å². The van der Waals surface area contributed by atoms with E-state index in [-0.39, 0.29) is 23.6 Å². The van der Waals surface area contributed by atoms with E-state index in [1.165, 1.54) is 18.2 Å². The summed E-state index contributed by atoms with van der Waals surface area (Å²) >= 11 is 0. The zero-order valence-electron chi connectivity index (χ0n) is 18.9. The van der Waals surface area contributed by atoms with Crippen molar-refractivity contribution in [3.8, 4) is 17.2 Å². The van der Waals surface area contributed by atoms with Crippen molar-refractivity contribution in [1.29, 1.82) is 0 Å². The van der Waals surface area contributed by atoms with E-state index in [0.717, 1.165) is 12.1 Å². The molecule has 1 saturated heterocycles. The number of carbonyl (C=O) groups is 1. The molecule has 0 radical (unpaired) electrons. The van der Waals surface area contributed by atoms with Crippen molar-refractivity contribution in [1.82, 2.24) is 4.90 Å². The Labute approximate surface area is 191 Å². The highest BCUT2D eigenvalue weighted by molar-refractivity contribution is 5.70. The molecule has 0 saturated carbocycles. The van der Waals surface area contributed by atoms with Crippen LogP contribution in [0.2, 0.25) is 0 Å². The highest BCUT2D eigenvalue weighted by Gasteiger charge is 2.31. The number of rotatable bonds is 7. The molecule has 0 amide bonds. The van der Waals surface area contributed by atoms with E-state index in [2.05, 4.69) is 9.64 Å². The Morgan fingerprint density at radius 1 is 1.06 bits per heavy atom. The summed E-state index contributed by atoms with van der Waals surface area (Å²) in [5.41, 5.74) is 0.444. The monoisotopic (exact) mass is 467 g/mol. The van der Waals surface area contributed by atoms with Crippen LogP contribution in [0.25, 0.3) is 0 Å². The molecule has 6 nitrogen and oxygen atoms in total. The molecule has 1 fully saturated rings. The fraction of sp³-hybridized carbons (Fsp3) is 0.458. The molecule has 3 rings (SSSR count). The summed E-state index contributed by atoms with van der Waals surface area (Å²) in [6, 6.07) is 12.5. The van der Waals surface area contributed by atoms with Crippen molar-refractivity contribution in [2.45, 2.75) is 45.3 Å². The molecule has 2 aromatic carbocycles. The van der Waals surface area contributed by atoms with Crippen molar-refractivity contribution in [3.05, 3.63) is 54.1 Å². The molecule has 0 aliphatic carbocycles. The van der Waals surface area contributed by atoms with Crippen LogP contribution in [0.1, 0.15) is 38.9 Å².